The predicted octanol–water partition coefficient (Wildman–Crippen LogP) is 7.66. The van der Waals surface area contributed by atoms with Gasteiger partial charge in [-0.1, -0.05) is 66.7 Å². The number of hydrogen-bond acceptors (Lipinski definition) is 5. The van der Waals surface area contributed by atoms with Crippen LogP contribution in [0.1, 0.15) is 31.8 Å². The first-order chi connectivity index (χ1) is 22.4. The quantitative estimate of drug-likeness (QED) is 0.145. The van der Waals surface area contributed by atoms with Gasteiger partial charge in [-0.25, -0.2) is 4.79 Å². The first-order valence-electron chi connectivity index (χ1n) is 14.2. The van der Waals surface area contributed by atoms with Crippen molar-refractivity contribution in [3.63, 3.8) is 0 Å². The van der Waals surface area contributed by atoms with E-state index in [4.69, 9.17) is 0 Å². The second kappa shape index (κ2) is 12.7. The Hall–Kier alpha value is -6.97. The number of fused-ring (bicyclic) bond motifs is 3. The number of allylic oxidation sites excluding steroid dienone is 1. The monoisotopic (exact) mass is 600 g/mol. The maximum absolute atomic E-state index is 13.2. The fourth-order valence-electron chi connectivity index (χ4n) is 5.26. The summed E-state index contributed by atoms with van der Waals surface area (Å²) in [6.45, 7) is 0. The smallest absolute Gasteiger partial charge is 0.322 e. The maximum Gasteiger partial charge on any atom is 0.323 e. The summed E-state index contributed by atoms with van der Waals surface area (Å²) in [6.07, 6.45) is 0. The van der Waals surface area contributed by atoms with Crippen LogP contribution in [0.5, 0.6) is 0 Å². The number of hydrogen-bond donors (Lipinski definition) is 4. The van der Waals surface area contributed by atoms with E-state index in [1.54, 1.807) is 60.7 Å². The number of anilines is 4. The molecule has 1 aliphatic rings. The molecule has 0 aliphatic heterocycles. The molecule has 0 radical (unpaired) electrons. The number of para-hydroxylation sites is 2. The molecule has 220 valence electrons. The second-order valence-electron chi connectivity index (χ2n) is 10.3. The van der Waals surface area contributed by atoms with Crippen LogP contribution in [0.4, 0.5) is 27.5 Å². The summed E-state index contributed by atoms with van der Waals surface area (Å²) in [5, 5.41) is 30.4. The third-order valence-corrected chi connectivity index (χ3v) is 7.29. The lowest BCUT2D eigenvalue weighted by Gasteiger charge is -2.13. The van der Waals surface area contributed by atoms with Gasteiger partial charge < -0.3 is 21.3 Å². The van der Waals surface area contributed by atoms with Crippen molar-refractivity contribution in [1.82, 2.24) is 0 Å². The van der Waals surface area contributed by atoms with Gasteiger partial charge in [-0.15, -0.1) is 0 Å². The van der Waals surface area contributed by atoms with Crippen LogP contribution in [0.3, 0.4) is 0 Å². The first kappa shape index (κ1) is 29.1. The van der Waals surface area contributed by atoms with Crippen LogP contribution in [0.25, 0.3) is 16.7 Å². The molecule has 9 nitrogen and oxygen atoms in total. The molecule has 46 heavy (non-hydrogen) atoms. The third kappa shape index (κ3) is 6.06. The SMILES string of the molecule is N#CC(C#N)=C1c2ccccc2-c2ccc(NC(=O)Nc3cc(C(=O)Nc4ccccc4)cc(C(=O)Nc4ccccc4)c3)cc21. The largest absolute Gasteiger partial charge is 0.323 e. The van der Waals surface area contributed by atoms with Crippen LogP contribution < -0.4 is 21.3 Å². The molecule has 4 amide bonds. The van der Waals surface area contributed by atoms with Crippen LogP contribution in [-0.4, -0.2) is 17.8 Å². The normalized spacial score (nSPS) is 10.8. The molecule has 0 unspecified atom stereocenters. The van der Waals surface area contributed by atoms with E-state index in [0.29, 0.717) is 28.2 Å². The molecule has 0 fully saturated rings. The first-order valence-corrected chi connectivity index (χ1v) is 14.2. The Labute approximate surface area is 264 Å². The lowest BCUT2D eigenvalue weighted by molar-refractivity contribution is 0.102. The molecule has 0 saturated heterocycles. The molecular weight excluding hydrogens is 576 g/mol. The van der Waals surface area contributed by atoms with Crippen molar-refractivity contribution < 1.29 is 14.4 Å². The Morgan fingerprint density at radius 3 is 1.52 bits per heavy atom. The van der Waals surface area contributed by atoms with E-state index in [9.17, 15) is 24.9 Å². The highest BCUT2D eigenvalue weighted by atomic mass is 16.2. The zero-order chi connectivity index (χ0) is 32.0. The summed E-state index contributed by atoms with van der Waals surface area (Å²) in [7, 11) is 0. The Morgan fingerprint density at radius 2 is 0.957 bits per heavy atom. The standard InChI is InChI=1S/C37H24N6O3/c38-21-25(22-39)34-32-14-8-7-13-30(32)31-16-15-28(20-33(31)34)42-37(46)43-29-18-23(35(44)40-26-9-3-1-4-10-26)17-24(19-29)36(45)41-27-11-5-2-6-12-27/h1-20H,(H,40,44)(H,41,45)(H2,42,43,46). The van der Waals surface area contributed by atoms with Crippen LogP contribution in [0.15, 0.2) is 127 Å². The summed E-state index contributed by atoms with van der Waals surface area (Å²) in [6, 6.07) is 38.2. The Balaban J connectivity index is 1.28. The van der Waals surface area contributed by atoms with Gasteiger partial charge in [0.05, 0.1) is 0 Å². The lowest BCUT2D eigenvalue weighted by atomic mass is 9.99. The van der Waals surface area contributed by atoms with E-state index in [2.05, 4.69) is 21.3 Å². The molecule has 6 rings (SSSR count). The van der Waals surface area contributed by atoms with Gasteiger partial charge in [0.1, 0.15) is 17.7 Å². The van der Waals surface area contributed by atoms with Crippen LogP contribution in [0, 0.1) is 22.7 Å². The van der Waals surface area contributed by atoms with Crippen molar-refractivity contribution in [2.24, 2.45) is 0 Å². The highest BCUT2D eigenvalue weighted by molar-refractivity contribution is 6.11. The second-order valence-corrected chi connectivity index (χ2v) is 10.3. The zero-order valence-corrected chi connectivity index (χ0v) is 24.2. The van der Waals surface area contributed by atoms with Crippen molar-refractivity contribution in [2.45, 2.75) is 0 Å². The predicted molar refractivity (Wildman–Crippen MR) is 177 cm³/mol. The average molecular weight is 601 g/mol. The number of nitriles is 2. The van der Waals surface area contributed by atoms with Gasteiger partial charge in [0.2, 0.25) is 0 Å². The van der Waals surface area contributed by atoms with Gasteiger partial charge in [-0.2, -0.15) is 10.5 Å². The molecule has 5 aromatic carbocycles. The molecular formula is C37H24N6O3. The van der Waals surface area contributed by atoms with Gasteiger partial charge in [0.25, 0.3) is 11.8 Å². The van der Waals surface area contributed by atoms with Crippen LogP contribution in [-0.2, 0) is 0 Å². The minimum absolute atomic E-state index is 0.0281. The van der Waals surface area contributed by atoms with E-state index in [1.165, 1.54) is 18.2 Å². The van der Waals surface area contributed by atoms with Gasteiger partial charge in [-0.05, 0) is 76.9 Å². The molecule has 5 aromatic rings. The number of rotatable bonds is 6. The molecule has 9 heteroatoms. The molecule has 0 aromatic heterocycles. The number of carbonyl (C=O) groups excluding carboxylic acids is 3. The van der Waals surface area contributed by atoms with Crippen LogP contribution >= 0.6 is 0 Å². The number of urea groups is 1. The Kier molecular flexibility index (Phi) is 8.05. The molecule has 0 spiro atoms. The molecule has 0 bridgehead atoms. The van der Waals surface area contributed by atoms with Crippen molar-refractivity contribution in [1.29, 1.82) is 10.5 Å². The van der Waals surface area contributed by atoms with E-state index in [-0.39, 0.29) is 22.4 Å². The molecule has 0 heterocycles. The summed E-state index contributed by atoms with van der Waals surface area (Å²) in [5.41, 5.74) is 5.70. The van der Waals surface area contributed by atoms with Crippen molar-refractivity contribution >= 4 is 46.2 Å². The molecule has 0 saturated carbocycles. The van der Waals surface area contributed by atoms with E-state index in [0.717, 1.165) is 16.7 Å². The fraction of sp³-hybridized carbons (Fsp3) is 0. The highest BCUT2D eigenvalue weighted by Gasteiger charge is 2.27. The molecule has 1 aliphatic carbocycles. The molecule has 0 atom stereocenters. The van der Waals surface area contributed by atoms with Gasteiger partial charge in [0.15, 0.2) is 0 Å². The van der Waals surface area contributed by atoms with Crippen molar-refractivity contribution in [3.8, 4) is 23.3 Å². The minimum atomic E-state index is -0.628. The maximum atomic E-state index is 13.2. The Morgan fingerprint density at radius 1 is 0.457 bits per heavy atom. The summed E-state index contributed by atoms with van der Waals surface area (Å²) >= 11 is 0. The number of carbonyl (C=O) groups is 3. The van der Waals surface area contributed by atoms with Gasteiger partial charge in [0, 0.05) is 39.4 Å². The minimum Gasteiger partial charge on any atom is -0.322 e. The summed E-state index contributed by atoms with van der Waals surface area (Å²) in [4.78, 5) is 39.6. The number of benzene rings is 5. The van der Waals surface area contributed by atoms with Crippen molar-refractivity contribution in [2.75, 3.05) is 21.3 Å². The lowest BCUT2D eigenvalue weighted by Crippen LogP contribution is -2.21. The zero-order valence-electron chi connectivity index (χ0n) is 24.2. The average Bonchev–Trinajstić information content (AvgIpc) is 3.39. The molecule has 4 N–H and O–H groups in total. The van der Waals surface area contributed by atoms with E-state index < -0.39 is 17.8 Å². The Bertz CT molecular complexity index is 2040. The topological polar surface area (TPSA) is 147 Å². The number of amides is 4. The van der Waals surface area contributed by atoms with Crippen LogP contribution in [0.2, 0.25) is 0 Å². The van der Waals surface area contributed by atoms with E-state index in [1.807, 2.05) is 54.6 Å². The van der Waals surface area contributed by atoms with Gasteiger partial charge >= 0.3 is 6.03 Å². The van der Waals surface area contributed by atoms with E-state index >= 15 is 0 Å². The number of nitrogens with zero attached hydrogens (tertiary/aromatic N) is 2. The fourth-order valence-corrected chi connectivity index (χ4v) is 5.26. The highest BCUT2D eigenvalue weighted by Crippen LogP contribution is 2.46. The summed E-state index contributed by atoms with van der Waals surface area (Å²) in [5.74, 6) is -0.931. The third-order valence-electron chi connectivity index (χ3n) is 7.29. The summed E-state index contributed by atoms with van der Waals surface area (Å²) < 4.78 is 0. The van der Waals surface area contributed by atoms with Gasteiger partial charge in [-0.3, -0.25) is 9.59 Å². The van der Waals surface area contributed by atoms with Crippen molar-refractivity contribution in [3.05, 3.63) is 149 Å². The number of nitrogens with one attached hydrogen (secondary N) is 4.